The van der Waals surface area contributed by atoms with E-state index in [9.17, 15) is 5.11 Å². The van der Waals surface area contributed by atoms with Gasteiger partial charge in [0.1, 0.15) is 0 Å². The Hall–Kier alpha value is -1.30. The second-order valence-corrected chi connectivity index (χ2v) is 8.92. The first-order chi connectivity index (χ1) is 12.6. The Morgan fingerprint density at radius 2 is 1.54 bits per heavy atom. The summed E-state index contributed by atoms with van der Waals surface area (Å²) in [5, 5.41) is 11.4. The third-order valence-electron chi connectivity index (χ3n) is 7.11. The van der Waals surface area contributed by atoms with Crippen molar-refractivity contribution in [2.45, 2.75) is 51.8 Å². The highest BCUT2D eigenvalue weighted by Crippen LogP contribution is 2.58. The zero-order valence-electron chi connectivity index (χ0n) is 15.9. The lowest BCUT2D eigenvalue weighted by atomic mass is 9.56. The second-order valence-electron chi connectivity index (χ2n) is 8.92. The van der Waals surface area contributed by atoms with Crippen molar-refractivity contribution in [2.75, 3.05) is 33.0 Å². The molecule has 0 unspecified atom stereocenters. The van der Waals surface area contributed by atoms with Gasteiger partial charge in [-0.05, 0) is 30.5 Å². The first kappa shape index (κ1) is 16.8. The van der Waals surface area contributed by atoms with Crippen molar-refractivity contribution in [1.82, 2.24) is 9.80 Å². The molecular weight excluding hydrogens is 328 g/mol. The molecule has 1 aromatic carbocycles. The van der Waals surface area contributed by atoms with E-state index in [0.29, 0.717) is 13.0 Å². The maximum Gasteiger partial charge on any atom is 0.231 e. The van der Waals surface area contributed by atoms with Crippen LogP contribution in [0.1, 0.15) is 51.3 Å². The van der Waals surface area contributed by atoms with Gasteiger partial charge in [0.2, 0.25) is 6.79 Å². The van der Waals surface area contributed by atoms with Gasteiger partial charge in [0.25, 0.3) is 0 Å². The van der Waals surface area contributed by atoms with Crippen LogP contribution in [0.3, 0.4) is 0 Å². The zero-order chi connectivity index (χ0) is 17.9. The average Bonchev–Trinajstić information content (AvgIpc) is 3.07. The standard InChI is InChI=1S/C21H30N2O3/c1-3-7-20-10-22-12-21(8-4-2,19(20)24)13-23(11-20)18(22)15-5-6-16-17(9-15)26-14-25-16/h5-6,9,18-19,24H,3-4,7-8,10-14H2,1-2H3. The van der Waals surface area contributed by atoms with Gasteiger partial charge in [-0.15, -0.1) is 0 Å². The number of piperidine rings is 2. The Kier molecular flexibility index (Phi) is 3.79. The molecule has 1 aromatic rings. The van der Waals surface area contributed by atoms with Crippen LogP contribution < -0.4 is 9.47 Å². The third-order valence-corrected chi connectivity index (χ3v) is 7.11. The average molecular weight is 358 g/mol. The molecule has 0 radical (unpaired) electrons. The van der Waals surface area contributed by atoms with Crippen molar-refractivity contribution >= 4 is 0 Å². The van der Waals surface area contributed by atoms with Crippen molar-refractivity contribution in [1.29, 1.82) is 0 Å². The van der Waals surface area contributed by atoms with E-state index in [1.165, 1.54) is 5.56 Å². The Balaban J connectivity index is 1.51. The molecule has 0 aromatic heterocycles. The lowest BCUT2D eigenvalue weighted by Crippen LogP contribution is -2.78. The van der Waals surface area contributed by atoms with Gasteiger partial charge in [-0.3, -0.25) is 9.80 Å². The van der Waals surface area contributed by atoms with Gasteiger partial charge >= 0.3 is 0 Å². The Morgan fingerprint density at radius 3 is 2.12 bits per heavy atom. The zero-order valence-corrected chi connectivity index (χ0v) is 15.9. The van der Waals surface area contributed by atoms with Gasteiger partial charge < -0.3 is 14.6 Å². The Labute approximate surface area is 155 Å². The van der Waals surface area contributed by atoms with E-state index in [1.54, 1.807) is 0 Å². The highest BCUT2D eigenvalue weighted by Gasteiger charge is 2.64. The molecule has 5 heterocycles. The first-order valence-electron chi connectivity index (χ1n) is 10.2. The molecule has 5 heteroatoms. The molecule has 4 bridgehead atoms. The number of nitrogens with zero attached hydrogens (tertiary/aromatic N) is 2. The summed E-state index contributed by atoms with van der Waals surface area (Å²) >= 11 is 0. The quantitative estimate of drug-likeness (QED) is 0.877. The molecule has 0 saturated carbocycles. The summed E-state index contributed by atoms with van der Waals surface area (Å²) in [6.07, 6.45) is 4.62. The topological polar surface area (TPSA) is 45.2 Å². The molecule has 26 heavy (non-hydrogen) atoms. The van der Waals surface area contributed by atoms with Crippen LogP contribution >= 0.6 is 0 Å². The predicted octanol–water partition coefficient (Wildman–Crippen LogP) is 2.99. The minimum atomic E-state index is -0.167. The number of hydrogen-bond acceptors (Lipinski definition) is 5. The third kappa shape index (κ3) is 2.20. The summed E-state index contributed by atoms with van der Waals surface area (Å²) in [5.74, 6) is 1.72. The lowest BCUT2D eigenvalue weighted by Gasteiger charge is -2.70. The maximum atomic E-state index is 11.4. The van der Waals surface area contributed by atoms with Crippen molar-refractivity contribution in [3.05, 3.63) is 23.8 Å². The number of benzene rings is 1. The van der Waals surface area contributed by atoms with E-state index in [-0.39, 0.29) is 16.9 Å². The molecule has 5 nitrogen and oxygen atoms in total. The van der Waals surface area contributed by atoms with E-state index in [0.717, 1.165) is 63.4 Å². The molecule has 6 rings (SSSR count). The van der Waals surface area contributed by atoms with Gasteiger partial charge in [-0.25, -0.2) is 0 Å². The van der Waals surface area contributed by atoms with Crippen LogP contribution in [0, 0.1) is 10.8 Å². The van der Waals surface area contributed by atoms with E-state index in [4.69, 9.17) is 9.47 Å². The minimum Gasteiger partial charge on any atom is -0.454 e. The highest BCUT2D eigenvalue weighted by atomic mass is 16.7. The van der Waals surface area contributed by atoms with Crippen molar-refractivity contribution in [3.8, 4) is 11.5 Å². The van der Waals surface area contributed by atoms with Gasteiger partial charge in [-0.1, -0.05) is 32.8 Å². The molecule has 142 valence electrons. The summed E-state index contributed by atoms with van der Waals surface area (Å²) in [5.41, 5.74) is 1.36. The van der Waals surface area contributed by atoms with Crippen LogP contribution in [0.4, 0.5) is 0 Å². The van der Waals surface area contributed by atoms with Crippen molar-refractivity contribution in [2.24, 2.45) is 10.8 Å². The molecule has 0 atom stereocenters. The fourth-order valence-corrected chi connectivity index (χ4v) is 6.48. The van der Waals surface area contributed by atoms with Crippen LogP contribution in [0.15, 0.2) is 18.2 Å². The summed E-state index contributed by atoms with van der Waals surface area (Å²) in [6, 6.07) is 6.39. The Morgan fingerprint density at radius 1 is 0.962 bits per heavy atom. The number of ether oxygens (including phenoxy) is 2. The van der Waals surface area contributed by atoms with E-state index in [2.05, 4.69) is 35.8 Å². The smallest absolute Gasteiger partial charge is 0.231 e. The fourth-order valence-electron chi connectivity index (χ4n) is 6.48. The van der Waals surface area contributed by atoms with Gasteiger partial charge in [0.15, 0.2) is 11.5 Å². The van der Waals surface area contributed by atoms with Crippen molar-refractivity contribution in [3.63, 3.8) is 0 Å². The number of rotatable bonds is 5. The number of hydrogen-bond donors (Lipinski definition) is 1. The molecule has 4 saturated heterocycles. The summed E-state index contributed by atoms with van der Waals surface area (Å²) < 4.78 is 11.1. The molecule has 5 aliphatic rings. The van der Waals surface area contributed by atoms with Crippen LogP contribution in [-0.2, 0) is 0 Å². The monoisotopic (exact) mass is 358 g/mol. The van der Waals surface area contributed by atoms with Crippen molar-refractivity contribution < 1.29 is 14.6 Å². The molecule has 4 fully saturated rings. The normalized spacial score (nSPS) is 42.4. The lowest BCUT2D eigenvalue weighted by molar-refractivity contribution is -0.268. The SMILES string of the molecule is CCCC12CN3CC(CCC)(CN(C1)C3c1ccc3c(c1)OCO3)C2O. The molecular formula is C21H30N2O3. The van der Waals surface area contributed by atoms with Gasteiger partial charge in [0, 0.05) is 37.0 Å². The molecule has 1 N–H and O–H groups in total. The van der Waals surface area contributed by atoms with Crippen LogP contribution in [0.25, 0.3) is 0 Å². The highest BCUT2D eigenvalue weighted by molar-refractivity contribution is 5.45. The first-order valence-corrected chi connectivity index (χ1v) is 10.2. The van der Waals surface area contributed by atoms with E-state index < -0.39 is 0 Å². The van der Waals surface area contributed by atoms with E-state index in [1.807, 2.05) is 6.07 Å². The van der Waals surface area contributed by atoms with Gasteiger partial charge in [-0.2, -0.15) is 0 Å². The summed E-state index contributed by atoms with van der Waals surface area (Å²) in [4.78, 5) is 5.26. The molecule has 0 aliphatic carbocycles. The summed E-state index contributed by atoms with van der Waals surface area (Å²) in [6.45, 7) is 8.83. The van der Waals surface area contributed by atoms with Crippen LogP contribution in [0.2, 0.25) is 0 Å². The maximum absolute atomic E-state index is 11.4. The number of aliphatic hydroxyl groups excluding tert-OH is 1. The van der Waals surface area contributed by atoms with E-state index >= 15 is 0 Å². The Bertz CT molecular complexity index is 664. The molecule has 0 amide bonds. The fraction of sp³-hybridized carbons (Fsp3) is 0.714. The molecule has 5 aliphatic heterocycles. The largest absolute Gasteiger partial charge is 0.454 e. The predicted molar refractivity (Wildman–Crippen MR) is 99.1 cm³/mol. The number of aliphatic hydroxyl groups is 1. The second kappa shape index (κ2) is 5.85. The summed E-state index contributed by atoms with van der Waals surface area (Å²) in [7, 11) is 0. The van der Waals surface area contributed by atoms with Gasteiger partial charge in [0.05, 0.1) is 12.3 Å². The van der Waals surface area contributed by atoms with Crippen LogP contribution in [0.5, 0.6) is 11.5 Å². The minimum absolute atomic E-state index is 0.0350. The number of fused-ring (bicyclic) bond motifs is 1. The molecule has 0 spiro atoms. The van der Waals surface area contributed by atoms with Crippen LogP contribution in [-0.4, -0.2) is 54.0 Å².